The van der Waals surface area contributed by atoms with Crippen molar-refractivity contribution in [1.29, 1.82) is 0 Å². The number of amides is 1. The van der Waals surface area contributed by atoms with Gasteiger partial charge in [0.25, 0.3) is 10.1 Å². The van der Waals surface area contributed by atoms with Crippen LogP contribution in [0.15, 0.2) is 0 Å². The Morgan fingerprint density at radius 1 is 1.30 bits per heavy atom. The molecule has 0 radical (unpaired) electrons. The van der Waals surface area contributed by atoms with Crippen LogP contribution in [0, 0.1) is 0 Å². The minimum atomic E-state index is -4.75. The minimum absolute atomic E-state index is 0.773. The van der Waals surface area contributed by atoms with E-state index in [0.717, 1.165) is 7.11 Å². The second kappa shape index (κ2) is 6.86. The second-order valence-corrected chi connectivity index (χ2v) is 6.50. The molecule has 0 aliphatic carbocycles. The summed E-state index contributed by atoms with van der Waals surface area (Å²) in [5, 5.41) is 11.3. The number of ether oxygens (including phenoxy) is 2. The van der Waals surface area contributed by atoms with Gasteiger partial charge in [-0.2, -0.15) is 8.42 Å². The van der Waals surface area contributed by atoms with E-state index < -0.39 is 45.7 Å². The number of hydrogen-bond acceptors (Lipinski definition) is 7. The van der Waals surface area contributed by atoms with Crippen molar-refractivity contribution in [3.05, 3.63) is 0 Å². The maximum absolute atomic E-state index is 11.5. The van der Waals surface area contributed by atoms with Crippen LogP contribution in [0.2, 0.25) is 0 Å². The predicted molar refractivity (Wildman–Crippen MR) is 67.3 cm³/mol. The molecule has 0 saturated heterocycles. The van der Waals surface area contributed by atoms with Gasteiger partial charge in [0.05, 0.1) is 7.11 Å². The van der Waals surface area contributed by atoms with Crippen molar-refractivity contribution in [1.82, 2.24) is 5.32 Å². The summed E-state index contributed by atoms with van der Waals surface area (Å²) in [6.07, 6.45) is -1.76. The number of carbonyl (C=O) groups is 2. The van der Waals surface area contributed by atoms with E-state index in [2.05, 4.69) is 10.1 Å². The molecule has 0 saturated carbocycles. The maximum Gasteiger partial charge on any atom is 0.408 e. The van der Waals surface area contributed by atoms with Gasteiger partial charge in [0.15, 0.2) is 5.44 Å². The highest BCUT2D eigenvalue weighted by molar-refractivity contribution is 7.86. The van der Waals surface area contributed by atoms with Gasteiger partial charge in [-0.25, -0.2) is 9.59 Å². The van der Waals surface area contributed by atoms with Crippen LogP contribution in [0.1, 0.15) is 27.2 Å². The molecule has 1 unspecified atom stereocenters. The van der Waals surface area contributed by atoms with Gasteiger partial charge in [-0.3, -0.25) is 4.55 Å². The van der Waals surface area contributed by atoms with E-state index in [4.69, 9.17) is 9.29 Å². The van der Waals surface area contributed by atoms with Crippen LogP contribution >= 0.6 is 0 Å². The van der Waals surface area contributed by atoms with Crippen LogP contribution in [0.4, 0.5) is 4.79 Å². The van der Waals surface area contributed by atoms with E-state index in [1.54, 1.807) is 20.8 Å². The molecule has 0 aromatic rings. The molecule has 2 atom stereocenters. The number of alkyl carbamates (subject to hydrolysis) is 1. The second-order valence-electron chi connectivity index (χ2n) is 4.93. The number of esters is 1. The van der Waals surface area contributed by atoms with Crippen LogP contribution in [0.3, 0.4) is 0 Å². The van der Waals surface area contributed by atoms with Gasteiger partial charge in [0.2, 0.25) is 0 Å². The average Bonchev–Trinajstić information content (AvgIpc) is 2.22. The largest absolute Gasteiger partial charge is 0.467 e. The van der Waals surface area contributed by atoms with Crippen LogP contribution < -0.4 is 5.32 Å². The standard InChI is InChI=1S/C10H19NO8S/c1-10(2,3)19-9(14)11-6(8(13)18-4)5-7(12)20(15,16)17/h6-7,12H,5H2,1-4H3,(H,11,14)(H,15,16,17)/t6-,7?/m1/s1. The molecule has 0 heterocycles. The smallest absolute Gasteiger partial charge is 0.408 e. The third-order valence-electron chi connectivity index (χ3n) is 1.96. The lowest BCUT2D eigenvalue weighted by Crippen LogP contribution is -2.46. The number of rotatable bonds is 5. The van der Waals surface area contributed by atoms with Gasteiger partial charge < -0.3 is 19.9 Å². The van der Waals surface area contributed by atoms with Gasteiger partial charge >= 0.3 is 12.1 Å². The van der Waals surface area contributed by atoms with Crippen molar-refractivity contribution in [2.75, 3.05) is 7.11 Å². The summed E-state index contributed by atoms with van der Waals surface area (Å²) < 4.78 is 39.3. The quantitative estimate of drug-likeness (QED) is 0.462. The molecule has 3 N–H and O–H groups in total. The topological polar surface area (TPSA) is 139 Å². The molecule has 0 aromatic heterocycles. The van der Waals surface area contributed by atoms with E-state index in [1.165, 1.54) is 0 Å². The third kappa shape index (κ3) is 7.26. The highest BCUT2D eigenvalue weighted by atomic mass is 32.2. The van der Waals surface area contributed by atoms with Gasteiger partial charge in [-0.15, -0.1) is 0 Å². The number of carbonyl (C=O) groups excluding carboxylic acids is 2. The number of hydrogen-bond donors (Lipinski definition) is 3. The van der Waals surface area contributed by atoms with Gasteiger partial charge in [-0.1, -0.05) is 0 Å². The Bertz CT molecular complexity index is 452. The molecular weight excluding hydrogens is 294 g/mol. The lowest BCUT2D eigenvalue weighted by molar-refractivity contribution is -0.143. The molecule has 0 bridgehead atoms. The van der Waals surface area contributed by atoms with E-state index >= 15 is 0 Å². The molecule has 0 aliphatic rings. The van der Waals surface area contributed by atoms with Crippen LogP contribution in [-0.2, 0) is 24.4 Å². The number of aliphatic hydroxyl groups excluding tert-OH is 1. The van der Waals surface area contributed by atoms with E-state index in [1.807, 2.05) is 0 Å². The Morgan fingerprint density at radius 2 is 1.80 bits per heavy atom. The van der Waals surface area contributed by atoms with Crippen LogP contribution in [0.5, 0.6) is 0 Å². The Hall–Kier alpha value is -1.39. The molecule has 0 aliphatic heterocycles. The SMILES string of the molecule is COC(=O)[C@@H](CC(O)S(=O)(=O)O)NC(=O)OC(C)(C)C. The summed E-state index contributed by atoms with van der Waals surface area (Å²) in [7, 11) is -3.74. The average molecular weight is 313 g/mol. The summed E-state index contributed by atoms with van der Waals surface area (Å²) in [4.78, 5) is 22.9. The van der Waals surface area contributed by atoms with Crippen LogP contribution in [-0.4, -0.2) is 54.3 Å². The highest BCUT2D eigenvalue weighted by Crippen LogP contribution is 2.10. The van der Waals surface area contributed by atoms with Gasteiger partial charge in [0.1, 0.15) is 11.6 Å². The Balaban J connectivity index is 4.84. The Kier molecular flexibility index (Phi) is 6.38. The first kappa shape index (κ1) is 18.6. The fourth-order valence-electron chi connectivity index (χ4n) is 1.13. The summed E-state index contributed by atoms with van der Waals surface area (Å²) in [5.74, 6) is -0.987. The molecule has 0 aromatic carbocycles. The molecule has 0 spiro atoms. The zero-order valence-corrected chi connectivity index (χ0v) is 12.4. The van der Waals surface area contributed by atoms with Crippen molar-refractivity contribution in [2.24, 2.45) is 0 Å². The zero-order chi connectivity index (χ0) is 16.1. The summed E-state index contributed by atoms with van der Waals surface area (Å²) in [6, 6.07) is -1.48. The number of aliphatic hydroxyl groups is 1. The highest BCUT2D eigenvalue weighted by Gasteiger charge is 2.31. The number of methoxy groups -OCH3 is 1. The lowest BCUT2D eigenvalue weighted by Gasteiger charge is -2.23. The zero-order valence-electron chi connectivity index (χ0n) is 11.6. The first-order chi connectivity index (χ1) is 8.86. The molecular formula is C10H19NO8S. The third-order valence-corrected chi connectivity index (χ3v) is 2.84. The lowest BCUT2D eigenvalue weighted by atomic mass is 10.2. The molecule has 9 nitrogen and oxygen atoms in total. The fourth-order valence-corrected chi connectivity index (χ4v) is 1.57. The Labute approximate surface area is 117 Å². The summed E-state index contributed by atoms with van der Waals surface area (Å²) in [5.41, 5.74) is -3.06. The predicted octanol–water partition coefficient (Wildman–Crippen LogP) is -0.351. The molecule has 20 heavy (non-hydrogen) atoms. The molecule has 1 amide bonds. The molecule has 118 valence electrons. The summed E-state index contributed by atoms with van der Waals surface area (Å²) in [6.45, 7) is 4.77. The monoisotopic (exact) mass is 313 g/mol. The first-order valence-corrected chi connectivity index (χ1v) is 7.09. The summed E-state index contributed by atoms with van der Waals surface area (Å²) >= 11 is 0. The molecule has 0 fully saturated rings. The fraction of sp³-hybridized carbons (Fsp3) is 0.800. The van der Waals surface area contributed by atoms with Crippen molar-refractivity contribution in [3.63, 3.8) is 0 Å². The molecule has 10 heteroatoms. The van der Waals surface area contributed by atoms with Crippen molar-refractivity contribution in [2.45, 2.75) is 44.3 Å². The van der Waals surface area contributed by atoms with Crippen molar-refractivity contribution >= 4 is 22.2 Å². The van der Waals surface area contributed by atoms with Gasteiger partial charge in [0, 0.05) is 6.42 Å². The van der Waals surface area contributed by atoms with Gasteiger partial charge in [-0.05, 0) is 20.8 Å². The van der Waals surface area contributed by atoms with E-state index in [0.29, 0.717) is 0 Å². The Morgan fingerprint density at radius 3 is 2.15 bits per heavy atom. The first-order valence-electron chi connectivity index (χ1n) is 5.58. The molecule has 0 rings (SSSR count). The number of nitrogens with one attached hydrogen (secondary N) is 1. The van der Waals surface area contributed by atoms with Crippen molar-refractivity contribution in [3.8, 4) is 0 Å². The van der Waals surface area contributed by atoms with E-state index in [9.17, 15) is 23.1 Å². The minimum Gasteiger partial charge on any atom is -0.467 e. The van der Waals surface area contributed by atoms with Crippen molar-refractivity contribution < 1.29 is 37.1 Å². The van der Waals surface area contributed by atoms with E-state index in [-0.39, 0.29) is 0 Å². The maximum atomic E-state index is 11.5. The normalized spacial score (nSPS) is 15.1. The van der Waals surface area contributed by atoms with Crippen LogP contribution in [0.25, 0.3) is 0 Å².